The van der Waals surface area contributed by atoms with Gasteiger partial charge in [-0.05, 0) is 56.7 Å². The van der Waals surface area contributed by atoms with E-state index in [4.69, 9.17) is 4.98 Å². The second-order valence-corrected chi connectivity index (χ2v) is 7.12. The molecule has 0 spiro atoms. The highest BCUT2D eigenvalue weighted by Crippen LogP contribution is 2.26. The van der Waals surface area contributed by atoms with Gasteiger partial charge in [0.15, 0.2) is 0 Å². The lowest BCUT2D eigenvalue weighted by atomic mass is 9.95. The summed E-state index contributed by atoms with van der Waals surface area (Å²) >= 11 is 0. The molecule has 1 aliphatic heterocycles. The van der Waals surface area contributed by atoms with E-state index < -0.39 is 0 Å². The lowest BCUT2D eigenvalue weighted by molar-refractivity contribution is 0.388. The minimum absolute atomic E-state index is 0.609. The maximum Gasteiger partial charge on any atom is 0.129 e. The van der Waals surface area contributed by atoms with Gasteiger partial charge in [0.2, 0.25) is 0 Å². The third-order valence-electron chi connectivity index (χ3n) is 4.46. The standard InChI is InChI=1S/C18H31N3/c1-13(2)10-19-11-17-8-9-18(20-16(17)5)21-12-14(3)6-7-15(21)4/h8-9,13-15,19H,6-7,10-12H2,1-5H3. The maximum absolute atomic E-state index is 4.87. The van der Waals surface area contributed by atoms with E-state index >= 15 is 0 Å². The fourth-order valence-electron chi connectivity index (χ4n) is 3.03. The van der Waals surface area contributed by atoms with Crippen molar-refractivity contribution in [2.45, 2.75) is 60.0 Å². The number of nitrogens with zero attached hydrogens (tertiary/aromatic N) is 2. The Morgan fingerprint density at radius 3 is 2.71 bits per heavy atom. The van der Waals surface area contributed by atoms with Crippen LogP contribution >= 0.6 is 0 Å². The van der Waals surface area contributed by atoms with Crippen LogP contribution in [0.25, 0.3) is 0 Å². The van der Waals surface area contributed by atoms with Gasteiger partial charge in [0.1, 0.15) is 5.82 Å². The summed E-state index contributed by atoms with van der Waals surface area (Å²) in [7, 11) is 0. The van der Waals surface area contributed by atoms with Gasteiger partial charge >= 0.3 is 0 Å². The third kappa shape index (κ3) is 4.44. The SMILES string of the molecule is Cc1nc(N2CC(C)CCC2C)ccc1CNCC(C)C. The summed E-state index contributed by atoms with van der Waals surface area (Å²) in [4.78, 5) is 7.34. The van der Waals surface area contributed by atoms with Crippen molar-refractivity contribution in [2.24, 2.45) is 11.8 Å². The summed E-state index contributed by atoms with van der Waals surface area (Å²) < 4.78 is 0. The lowest BCUT2D eigenvalue weighted by Crippen LogP contribution is -2.41. The van der Waals surface area contributed by atoms with Crippen molar-refractivity contribution in [3.63, 3.8) is 0 Å². The Balaban J connectivity index is 2.04. The number of hydrogen-bond donors (Lipinski definition) is 1. The number of aryl methyl sites for hydroxylation is 1. The molecule has 0 amide bonds. The molecule has 0 radical (unpaired) electrons. The number of pyridine rings is 1. The van der Waals surface area contributed by atoms with Crippen molar-refractivity contribution in [2.75, 3.05) is 18.0 Å². The lowest BCUT2D eigenvalue weighted by Gasteiger charge is -2.38. The molecule has 3 nitrogen and oxygen atoms in total. The Bertz CT molecular complexity index is 456. The van der Waals surface area contributed by atoms with E-state index in [1.807, 2.05) is 0 Å². The predicted octanol–water partition coefficient (Wildman–Crippen LogP) is 3.76. The highest BCUT2D eigenvalue weighted by atomic mass is 15.2. The minimum Gasteiger partial charge on any atom is -0.354 e. The minimum atomic E-state index is 0.609. The largest absolute Gasteiger partial charge is 0.354 e. The van der Waals surface area contributed by atoms with Crippen LogP contribution in [0.15, 0.2) is 12.1 Å². The van der Waals surface area contributed by atoms with E-state index in [-0.39, 0.29) is 0 Å². The van der Waals surface area contributed by atoms with Gasteiger partial charge in [-0.1, -0.05) is 26.8 Å². The van der Waals surface area contributed by atoms with Gasteiger partial charge in [-0.3, -0.25) is 0 Å². The summed E-state index contributed by atoms with van der Waals surface area (Å²) in [6, 6.07) is 5.06. The summed E-state index contributed by atoms with van der Waals surface area (Å²) in [5, 5.41) is 3.50. The molecule has 2 unspecified atom stereocenters. The molecule has 3 heteroatoms. The molecular weight excluding hydrogens is 258 g/mol. The quantitative estimate of drug-likeness (QED) is 0.894. The zero-order valence-corrected chi connectivity index (χ0v) is 14.3. The first kappa shape index (κ1) is 16.3. The van der Waals surface area contributed by atoms with Gasteiger partial charge in [0, 0.05) is 24.8 Å². The van der Waals surface area contributed by atoms with E-state index in [1.165, 1.54) is 18.4 Å². The van der Waals surface area contributed by atoms with E-state index in [2.05, 4.69) is 57.0 Å². The first-order valence-electron chi connectivity index (χ1n) is 8.41. The normalized spacial score (nSPS) is 22.9. The zero-order valence-electron chi connectivity index (χ0n) is 14.3. The van der Waals surface area contributed by atoms with Crippen molar-refractivity contribution in [3.05, 3.63) is 23.4 Å². The highest BCUT2D eigenvalue weighted by Gasteiger charge is 2.24. The number of anilines is 1. The summed E-state index contributed by atoms with van der Waals surface area (Å²) in [6.07, 6.45) is 2.62. The van der Waals surface area contributed by atoms with Crippen molar-refractivity contribution in [1.82, 2.24) is 10.3 Å². The summed E-state index contributed by atoms with van der Waals surface area (Å²) in [5.74, 6) is 2.61. The van der Waals surface area contributed by atoms with Gasteiger partial charge in [-0.15, -0.1) is 0 Å². The monoisotopic (exact) mass is 289 g/mol. The zero-order chi connectivity index (χ0) is 15.4. The second-order valence-electron chi connectivity index (χ2n) is 7.12. The molecule has 1 saturated heterocycles. The molecule has 0 aliphatic carbocycles. The summed E-state index contributed by atoms with van der Waals surface area (Å²) in [6.45, 7) is 14.4. The molecule has 0 aromatic carbocycles. The molecule has 1 aromatic heterocycles. The molecule has 2 heterocycles. The molecule has 118 valence electrons. The predicted molar refractivity (Wildman–Crippen MR) is 90.7 cm³/mol. The van der Waals surface area contributed by atoms with Crippen LogP contribution in [0.4, 0.5) is 5.82 Å². The van der Waals surface area contributed by atoms with Crippen LogP contribution < -0.4 is 10.2 Å². The number of piperidine rings is 1. The van der Waals surface area contributed by atoms with Crippen molar-refractivity contribution < 1.29 is 0 Å². The maximum atomic E-state index is 4.87. The Morgan fingerprint density at radius 1 is 1.29 bits per heavy atom. The Labute approximate surface area is 130 Å². The average Bonchev–Trinajstić information content (AvgIpc) is 2.43. The van der Waals surface area contributed by atoms with E-state index in [0.717, 1.165) is 37.1 Å². The smallest absolute Gasteiger partial charge is 0.129 e. The topological polar surface area (TPSA) is 28.2 Å². The molecule has 1 fully saturated rings. The fourth-order valence-corrected chi connectivity index (χ4v) is 3.03. The van der Waals surface area contributed by atoms with Crippen LogP contribution in [0.5, 0.6) is 0 Å². The average molecular weight is 289 g/mol. The Kier molecular flexibility index (Phi) is 5.63. The van der Waals surface area contributed by atoms with Crippen LogP contribution in [0.2, 0.25) is 0 Å². The van der Waals surface area contributed by atoms with Crippen LogP contribution in [-0.2, 0) is 6.54 Å². The molecule has 1 aliphatic rings. The Morgan fingerprint density at radius 2 is 2.05 bits per heavy atom. The molecule has 1 aromatic rings. The molecule has 2 rings (SSSR count). The van der Waals surface area contributed by atoms with E-state index in [1.54, 1.807) is 0 Å². The van der Waals surface area contributed by atoms with Crippen molar-refractivity contribution >= 4 is 5.82 Å². The van der Waals surface area contributed by atoms with Gasteiger partial charge < -0.3 is 10.2 Å². The molecule has 1 N–H and O–H groups in total. The summed E-state index contributed by atoms with van der Waals surface area (Å²) in [5.41, 5.74) is 2.48. The number of rotatable bonds is 5. The number of aromatic nitrogens is 1. The van der Waals surface area contributed by atoms with Crippen LogP contribution in [-0.4, -0.2) is 24.1 Å². The van der Waals surface area contributed by atoms with Gasteiger partial charge in [-0.25, -0.2) is 4.98 Å². The molecule has 0 saturated carbocycles. The number of hydrogen-bond acceptors (Lipinski definition) is 3. The highest BCUT2D eigenvalue weighted by molar-refractivity contribution is 5.43. The molecule has 21 heavy (non-hydrogen) atoms. The van der Waals surface area contributed by atoms with E-state index in [0.29, 0.717) is 12.0 Å². The van der Waals surface area contributed by atoms with Crippen LogP contribution in [0, 0.1) is 18.8 Å². The molecule has 2 atom stereocenters. The van der Waals surface area contributed by atoms with Gasteiger partial charge in [-0.2, -0.15) is 0 Å². The van der Waals surface area contributed by atoms with Gasteiger partial charge in [0.05, 0.1) is 0 Å². The Hall–Kier alpha value is -1.09. The first-order valence-corrected chi connectivity index (χ1v) is 8.41. The van der Waals surface area contributed by atoms with Crippen molar-refractivity contribution in [3.8, 4) is 0 Å². The number of nitrogens with one attached hydrogen (secondary N) is 1. The molecule has 0 bridgehead atoms. The van der Waals surface area contributed by atoms with Crippen molar-refractivity contribution in [1.29, 1.82) is 0 Å². The van der Waals surface area contributed by atoms with Crippen LogP contribution in [0.1, 0.15) is 51.8 Å². The molecular formula is C18H31N3. The third-order valence-corrected chi connectivity index (χ3v) is 4.46. The van der Waals surface area contributed by atoms with Crippen LogP contribution in [0.3, 0.4) is 0 Å². The second kappa shape index (κ2) is 7.26. The van der Waals surface area contributed by atoms with Gasteiger partial charge in [0.25, 0.3) is 0 Å². The fraction of sp³-hybridized carbons (Fsp3) is 0.722. The van der Waals surface area contributed by atoms with E-state index in [9.17, 15) is 0 Å². The first-order chi connectivity index (χ1) is 9.97.